The number of fused-ring (bicyclic) bond motifs is 1. The van der Waals surface area contributed by atoms with Crippen LogP contribution >= 0.6 is 0 Å². The SMILES string of the molecule is COc1ccc(-c2cc(O)c3c(C)oc(C)c3c(=O)c2)cc1. The van der Waals surface area contributed by atoms with Crippen molar-refractivity contribution in [2.75, 3.05) is 7.11 Å². The fourth-order valence-electron chi connectivity index (χ4n) is 2.71. The summed E-state index contributed by atoms with van der Waals surface area (Å²) in [5.74, 6) is 1.83. The maximum Gasteiger partial charge on any atom is 0.190 e. The summed E-state index contributed by atoms with van der Waals surface area (Å²) in [6.45, 7) is 3.46. The van der Waals surface area contributed by atoms with E-state index in [0.717, 1.165) is 11.3 Å². The molecule has 0 radical (unpaired) electrons. The summed E-state index contributed by atoms with van der Waals surface area (Å²) in [4.78, 5) is 12.5. The van der Waals surface area contributed by atoms with Gasteiger partial charge in [-0.15, -0.1) is 0 Å². The molecular weight excluding hydrogens is 280 g/mol. The highest BCUT2D eigenvalue weighted by Gasteiger charge is 2.14. The highest BCUT2D eigenvalue weighted by Crippen LogP contribution is 2.32. The first-order chi connectivity index (χ1) is 10.5. The number of hydrogen-bond donors (Lipinski definition) is 1. The van der Waals surface area contributed by atoms with Crippen LogP contribution in [0.4, 0.5) is 0 Å². The van der Waals surface area contributed by atoms with Gasteiger partial charge in [-0.2, -0.15) is 0 Å². The Morgan fingerprint density at radius 1 is 0.955 bits per heavy atom. The van der Waals surface area contributed by atoms with Crippen molar-refractivity contribution in [1.82, 2.24) is 0 Å². The fraction of sp³-hybridized carbons (Fsp3) is 0.167. The summed E-state index contributed by atoms with van der Waals surface area (Å²) in [7, 11) is 1.60. The third-order valence-electron chi connectivity index (χ3n) is 3.77. The van der Waals surface area contributed by atoms with Gasteiger partial charge in [-0.3, -0.25) is 4.79 Å². The van der Waals surface area contributed by atoms with Crippen molar-refractivity contribution in [2.24, 2.45) is 0 Å². The molecule has 4 heteroatoms. The lowest BCUT2D eigenvalue weighted by atomic mass is 10.1. The first-order valence-electron chi connectivity index (χ1n) is 6.92. The van der Waals surface area contributed by atoms with Crippen LogP contribution in [0.15, 0.2) is 45.6 Å². The van der Waals surface area contributed by atoms with Crippen LogP contribution in [0.1, 0.15) is 11.5 Å². The van der Waals surface area contributed by atoms with E-state index in [1.54, 1.807) is 27.0 Å². The molecule has 0 fully saturated rings. The van der Waals surface area contributed by atoms with Crippen LogP contribution in [0.3, 0.4) is 0 Å². The quantitative estimate of drug-likeness (QED) is 0.781. The van der Waals surface area contributed by atoms with Crippen molar-refractivity contribution in [2.45, 2.75) is 13.8 Å². The molecule has 4 nitrogen and oxygen atoms in total. The van der Waals surface area contributed by atoms with E-state index in [9.17, 15) is 9.90 Å². The third kappa shape index (κ3) is 2.22. The minimum absolute atomic E-state index is 0.0391. The first-order valence-corrected chi connectivity index (χ1v) is 6.92. The normalized spacial score (nSPS) is 10.9. The highest BCUT2D eigenvalue weighted by atomic mass is 16.5. The summed E-state index contributed by atoms with van der Waals surface area (Å²) in [5, 5.41) is 11.3. The molecule has 1 N–H and O–H groups in total. The second kappa shape index (κ2) is 5.22. The van der Waals surface area contributed by atoms with Crippen molar-refractivity contribution in [1.29, 1.82) is 0 Å². The van der Waals surface area contributed by atoms with Crippen molar-refractivity contribution in [3.63, 3.8) is 0 Å². The predicted molar refractivity (Wildman–Crippen MR) is 85.6 cm³/mol. The molecule has 112 valence electrons. The average Bonchev–Trinajstić information content (AvgIpc) is 2.72. The van der Waals surface area contributed by atoms with E-state index in [1.165, 1.54) is 6.07 Å². The van der Waals surface area contributed by atoms with Gasteiger partial charge in [0, 0.05) is 0 Å². The van der Waals surface area contributed by atoms with E-state index in [1.807, 2.05) is 24.3 Å². The van der Waals surface area contributed by atoms with Gasteiger partial charge < -0.3 is 14.3 Å². The van der Waals surface area contributed by atoms with Gasteiger partial charge in [0.1, 0.15) is 23.0 Å². The summed E-state index contributed by atoms with van der Waals surface area (Å²) < 4.78 is 10.6. The fourth-order valence-corrected chi connectivity index (χ4v) is 2.71. The molecule has 3 rings (SSSR count). The minimum Gasteiger partial charge on any atom is -0.507 e. The number of hydrogen-bond acceptors (Lipinski definition) is 4. The Labute approximate surface area is 127 Å². The molecule has 0 bridgehead atoms. The summed E-state index contributed by atoms with van der Waals surface area (Å²) in [6, 6.07) is 10.4. The molecule has 1 heterocycles. The average molecular weight is 296 g/mol. The van der Waals surface area contributed by atoms with E-state index < -0.39 is 0 Å². The van der Waals surface area contributed by atoms with E-state index in [-0.39, 0.29) is 11.2 Å². The van der Waals surface area contributed by atoms with Crippen LogP contribution in [0.2, 0.25) is 0 Å². The molecule has 0 spiro atoms. The maximum absolute atomic E-state index is 12.5. The predicted octanol–water partition coefficient (Wildman–Crippen LogP) is 3.79. The molecule has 0 aliphatic heterocycles. The summed E-state index contributed by atoms with van der Waals surface area (Å²) >= 11 is 0. The van der Waals surface area contributed by atoms with Gasteiger partial charge in [-0.05, 0) is 49.2 Å². The van der Waals surface area contributed by atoms with E-state index >= 15 is 0 Å². The molecular formula is C18H16O4. The van der Waals surface area contributed by atoms with Crippen LogP contribution < -0.4 is 10.2 Å². The Morgan fingerprint density at radius 3 is 2.23 bits per heavy atom. The van der Waals surface area contributed by atoms with Crippen molar-refractivity contribution in [3.8, 4) is 22.6 Å². The van der Waals surface area contributed by atoms with Gasteiger partial charge in [0.25, 0.3) is 0 Å². The van der Waals surface area contributed by atoms with E-state index in [4.69, 9.17) is 9.15 Å². The lowest BCUT2D eigenvalue weighted by molar-refractivity contribution is 0.415. The number of aryl methyl sites for hydroxylation is 2. The Bertz CT molecular complexity index is 905. The second-order valence-electron chi connectivity index (χ2n) is 5.19. The Balaban J connectivity index is 2.30. The topological polar surface area (TPSA) is 59.7 Å². The molecule has 0 aliphatic rings. The van der Waals surface area contributed by atoms with Gasteiger partial charge in [-0.25, -0.2) is 0 Å². The van der Waals surface area contributed by atoms with Crippen LogP contribution in [0.5, 0.6) is 11.5 Å². The molecule has 0 unspecified atom stereocenters. The number of ether oxygens (including phenoxy) is 1. The Kier molecular flexibility index (Phi) is 3.37. The molecule has 3 aromatic rings. The number of furan rings is 1. The van der Waals surface area contributed by atoms with Crippen molar-refractivity contribution in [3.05, 3.63) is 58.1 Å². The summed E-state index contributed by atoms with van der Waals surface area (Å²) in [6.07, 6.45) is 0. The van der Waals surface area contributed by atoms with Gasteiger partial charge in [-0.1, -0.05) is 12.1 Å². The molecule has 1 aromatic heterocycles. The summed E-state index contributed by atoms with van der Waals surface area (Å²) in [5.41, 5.74) is 1.31. The van der Waals surface area contributed by atoms with Gasteiger partial charge in [0.05, 0.1) is 17.9 Å². The molecule has 0 saturated heterocycles. The van der Waals surface area contributed by atoms with Gasteiger partial charge >= 0.3 is 0 Å². The monoisotopic (exact) mass is 296 g/mol. The highest BCUT2D eigenvalue weighted by molar-refractivity contribution is 5.92. The number of methoxy groups -OCH3 is 1. The molecule has 0 saturated carbocycles. The molecule has 0 atom stereocenters. The molecule has 2 aromatic carbocycles. The lowest BCUT2D eigenvalue weighted by Gasteiger charge is -2.02. The van der Waals surface area contributed by atoms with E-state index in [0.29, 0.717) is 27.9 Å². The minimum atomic E-state index is -0.171. The van der Waals surface area contributed by atoms with Crippen LogP contribution in [-0.4, -0.2) is 12.2 Å². The lowest BCUT2D eigenvalue weighted by Crippen LogP contribution is -1.95. The van der Waals surface area contributed by atoms with Gasteiger partial charge in [0.15, 0.2) is 5.43 Å². The van der Waals surface area contributed by atoms with Crippen LogP contribution in [0, 0.1) is 13.8 Å². The van der Waals surface area contributed by atoms with Crippen LogP contribution in [0.25, 0.3) is 21.9 Å². The maximum atomic E-state index is 12.5. The molecule has 22 heavy (non-hydrogen) atoms. The van der Waals surface area contributed by atoms with E-state index in [2.05, 4.69) is 0 Å². The zero-order valence-corrected chi connectivity index (χ0v) is 12.6. The Morgan fingerprint density at radius 2 is 1.59 bits per heavy atom. The van der Waals surface area contributed by atoms with Crippen molar-refractivity contribution >= 4 is 10.8 Å². The van der Waals surface area contributed by atoms with Gasteiger partial charge in [0.2, 0.25) is 0 Å². The standard InChI is InChI=1S/C18H16O4/c1-10-17-15(19)8-13(9-16(20)18(17)11(2)22-10)12-4-6-14(21-3)7-5-12/h4-9,19H,1-3H3. The first kappa shape index (κ1) is 14.2. The zero-order valence-electron chi connectivity index (χ0n) is 12.6. The van der Waals surface area contributed by atoms with Crippen LogP contribution in [-0.2, 0) is 0 Å². The van der Waals surface area contributed by atoms with Crippen molar-refractivity contribution < 1.29 is 14.3 Å². The third-order valence-corrected chi connectivity index (χ3v) is 3.77. The largest absolute Gasteiger partial charge is 0.507 e. The smallest absolute Gasteiger partial charge is 0.190 e. The molecule has 0 aliphatic carbocycles. The molecule has 0 amide bonds. The number of benzene rings is 1. The number of aromatic hydroxyl groups is 1. The second-order valence-corrected chi connectivity index (χ2v) is 5.19. The number of rotatable bonds is 2. The Hall–Kier alpha value is -2.75. The zero-order chi connectivity index (χ0) is 15.9.